The molecule has 2 N–H and O–H groups in total. The highest BCUT2D eigenvalue weighted by Gasteiger charge is 2.03. The number of alkyl carbamates (subject to hydrolysis) is 1. The van der Waals surface area contributed by atoms with Gasteiger partial charge in [-0.25, -0.2) is 4.79 Å². The Bertz CT molecular complexity index is 407. The van der Waals surface area contributed by atoms with E-state index >= 15 is 0 Å². The van der Waals surface area contributed by atoms with Gasteiger partial charge in [0.2, 0.25) is 5.91 Å². The number of nitrogens with one attached hydrogen (secondary N) is 2. The van der Waals surface area contributed by atoms with E-state index in [9.17, 15) is 9.59 Å². The van der Waals surface area contributed by atoms with Gasteiger partial charge in [-0.2, -0.15) is 0 Å². The summed E-state index contributed by atoms with van der Waals surface area (Å²) in [4.78, 5) is 22.8. The summed E-state index contributed by atoms with van der Waals surface area (Å²) in [5.41, 5.74) is 0.969. The molecule has 0 aliphatic heterocycles. The summed E-state index contributed by atoms with van der Waals surface area (Å²) < 4.78 is 4.92. The molecule has 0 bridgehead atoms. The monoisotopic (exact) mass is 278 g/mol. The van der Waals surface area contributed by atoms with E-state index in [-0.39, 0.29) is 5.91 Å². The molecule has 0 unspecified atom stereocenters. The van der Waals surface area contributed by atoms with Crippen molar-refractivity contribution >= 4 is 12.0 Å². The van der Waals surface area contributed by atoms with Crippen molar-refractivity contribution < 1.29 is 14.3 Å². The molecule has 110 valence electrons. The van der Waals surface area contributed by atoms with Gasteiger partial charge in [0.15, 0.2) is 0 Å². The van der Waals surface area contributed by atoms with Crippen LogP contribution < -0.4 is 10.6 Å². The number of hydrogen-bond acceptors (Lipinski definition) is 3. The molecule has 2 amide bonds. The zero-order valence-corrected chi connectivity index (χ0v) is 11.9. The molecule has 5 heteroatoms. The number of unbranched alkanes of at least 4 members (excludes halogenated alkanes) is 1. The second-order valence-electron chi connectivity index (χ2n) is 4.43. The lowest BCUT2D eigenvalue weighted by Crippen LogP contribution is -2.35. The van der Waals surface area contributed by atoms with Crippen LogP contribution in [-0.2, 0) is 16.0 Å². The predicted molar refractivity (Wildman–Crippen MR) is 77.4 cm³/mol. The summed E-state index contributed by atoms with van der Waals surface area (Å²) in [6.45, 7) is 3.23. The molecule has 5 nitrogen and oxygen atoms in total. The molecule has 0 saturated heterocycles. The molecule has 0 aromatic heterocycles. The fraction of sp³-hybridized carbons (Fsp3) is 0.467. The van der Waals surface area contributed by atoms with Gasteiger partial charge in [-0.3, -0.25) is 4.79 Å². The Morgan fingerprint density at radius 3 is 2.50 bits per heavy atom. The minimum atomic E-state index is -0.434. The molecule has 20 heavy (non-hydrogen) atoms. The van der Waals surface area contributed by atoms with Gasteiger partial charge in [0.05, 0.1) is 13.0 Å². The third-order valence-electron chi connectivity index (χ3n) is 2.66. The number of ether oxygens (including phenoxy) is 1. The van der Waals surface area contributed by atoms with Crippen LogP contribution in [0, 0.1) is 0 Å². The van der Waals surface area contributed by atoms with Crippen LogP contribution in [0.4, 0.5) is 4.79 Å². The topological polar surface area (TPSA) is 67.4 Å². The lowest BCUT2D eigenvalue weighted by atomic mass is 10.1. The first-order valence-corrected chi connectivity index (χ1v) is 6.93. The van der Waals surface area contributed by atoms with Crippen LogP contribution >= 0.6 is 0 Å². The molecule has 0 heterocycles. The van der Waals surface area contributed by atoms with E-state index in [2.05, 4.69) is 10.6 Å². The Morgan fingerprint density at radius 2 is 1.80 bits per heavy atom. The lowest BCUT2D eigenvalue weighted by Gasteiger charge is -2.08. The minimum Gasteiger partial charge on any atom is -0.450 e. The molecular weight excluding hydrogens is 256 g/mol. The third-order valence-corrected chi connectivity index (χ3v) is 2.66. The lowest BCUT2D eigenvalue weighted by molar-refractivity contribution is -0.120. The van der Waals surface area contributed by atoms with E-state index in [1.807, 2.05) is 37.3 Å². The van der Waals surface area contributed by atoms with Crippen molar-refractivity contribution in [2.24, 2.45) is 0 Å². The van der Waals surface area contributed by atoms with Gasteiger partial charge in [-0.15, -0.1) is 0 Å². The Balaban J connectivity index is 2.06. The normalized spacial score (nSPS) is 9.85. The smallest absolute Gasteiger partial charge is 0.407 e. The summed E-state index contributed by atoms with van der Waals surface area (Å²) in [6.07, 6.45) is 1.77. The summed E-state index contributed by atoms with van der Waals surface area (Å²) in [5, 5.41) is 5.33. The number of benzene rings is 1. The van der Waals surface area contributed by atoms with Gasteiger partial charge in [0.1, 0.15) is 0 Å². The van der Waals surface area contributed by atoms with Crippen molar-refractivity contribution in [3.05, 3.63) is 35.9 Å². The highest BCUT2D eigenvalue weighted by molar-refractivity contribution is 5.78. The van der Waals surface area contributed by atoms with Crippen LogP contribution in [0.2, 0.25) is 0 Å². The fourth-order valence-electron chi connectivity index (χ4n) is 1.57. The van der Waals surface area contributed by atoms with Crippen LogP contribution in [0.25, 0.3) is 0 Å². The number of amides is 2. The zero-order chi connectivity index (χ0) is 14.6. The van der Waals surface area contributed by atoms with Crippen molar-refractivity contribution in [2.75, 3.05) is 19.7 Å². The molecular formula is C15H22N2O3. The Hall–Kier alpha value is -2.04. The highest BCUT2D eigenvalue weighted by atomic mass is 16.5. The van der Waals surface area contributed by atoms with E-state index < -0.39 is 6.09 Å². The Labute approximate surface area is 119 Å². The molecule has 1 aromatic rings. The average Bonchev–Trinajstić information content (AvgIpc) is 2.45. The van der Waals surface area contributed by atoms with E-state index in [0.717, 1.165) is 18.4 Å². The van der Waals surface area contributed by atoms with Gasteiger partial charge in [0, 0.05) is 13.1 Å². The van der Waals surface area contributed by atoms with Crippen molar-refractivity contribution in [3.63, 3.8) is 0 Å². The van der Waals surface area contributed by atoms with Crippen LogP contribution in [-0.4, -0.2) is 31.7 Å². The van der Waals surface area contributed by atoms with Crippen LogP contribution in [0.1, 0.15) is 25.3 Å². The quantitative estimate of drug-likeness (QED) is 0.713. The molecule has 0 radical (unpaired) electrons. The maximum absolute atomic E-state index is 11.6. The Morgan fingerprint density at radius 1 is 1.10 bits per heavy atom. The molecule has 0 aliphatic carbocycles. The SMILES string of the molecule is CCCCOC(=O)NCCNC(=O)Cc1ccccc1. The standard InChI is InChI=1S/C15H22N2O3/c1-2-3-11-20-15(19)17-10-9-16-14(18)12-13-7-5-4-6-8-13/h4-8H,2-3,9-12H2,1H3,(H,16,18)(H,17,19). The van der Waals surface area contributed by atoms with Crippen molar-refractivity contribution in [2.45, 2.75) is 26.2 Å². The zero-order valence-electron chi connectivity index (χ0n) is 11.9. The fourth-order valence-corrected chi connectivity index (χ4v) is 1.57. The van der Waals surface area contributed by atoms with E-state index in [1.54, 1.807) is 0 Å². The summed E-state index contributed by atoms with van der Waals surface area (Å²) in [5.74, 6) is -0.0580. The first kappa shape index (κ1) is 16.0. The number of carbonyl (C=O) groups excluding carboxylic acids is 2. The van der Waals surface area contributed by atoms with E-state index in [4.69, 9.17) is 4.74 Å². The van der Waals surface area contributed by atoms with Gasteiger partial charge >= 0.3 is 6.09 Å². The van der Waals surface area contributed by atoms with Gasteiger partial charge < -0.3 is 15.4 Å². The van der Waals surface area contributed by atoms with Crippen molar-refractivity contribution in [3.8, 4) is 0 Å². The molecule has 0 aliphatic rings. The van der Waals surface area contributed by atoms with Gasteiger partial charge in [-0.05, 0) is 12.0 Å². The predicted octanol–water partition coefficient (Wildman–Crippen LogP) is 1.87. The molecule has 0 saturated carbocycles. The molecule has 1 aromatic carbocycles. The minimum absolute atomic E-state index is 0.0580. The molecule has 0 spiro atoms. The van der Waals surface area contributed by atoms with Crippen LogP contribution in [0.15, 0.2) is 30.3 Å². The van der Waals surface area contributed by atoms with Gasteiger partial charge in [0.25, 0.3) is 0 Å². The second kappa shape index (κ2) is 9.83. The maximum atomic E-state index is 11.6. The third kappa shape index (κ3) is 7.41. The van der Waals surface area contributed by atoms with E-state index in [0.29, 0.717) is 26.1 Å². The summed E-state index contributed by atoms with van der Waals surface area (Å²) in [6, 6.07) is 9.52. The highest BCUT2D eigenvalue weighted by Crippen LogP contribution is 1.98. The average molecular weight is 278 g/mol. The molecule has 0 atom stereocenters. The van der Waals surface area contributed by atoms with Crippen LogP contribution in [0.5, 0.6) is 0 Å². The Kier molecular flexibility index (Phi) is 7.87. The van der Waals surface area contributed by atoms with E-state index in [1.165, 1.54) is 0 Å². The number of hydrogen-bond donors (Lipinski definition) is 2. The molecule has 1 rings (SSSR count). The number of carbonyl (C=O) groups is 2. The number of rotatable bonds is 8. The molecule has 0 fully saturated rings. The largest absolute Gasteiger partial charge is 0.450 e. The second-order valence-corrected chi connectivity index (χ2v) is 4.43. The first-order chi connectivity index (χ1) is 9.72. The van der Waals surface area contributed by atoms with Crippen molar-refractivity contribution in [1.82, 2.24) is 10.6 Å². The first-order valence-electron chi connectivity index (χ1n) is 6.93. The maximum Gasteiger partial charge on any atom is 0.407 e. The van der Waals surface area contributed by atoms with Crippen LogP contribution in [0.3, 0.4) is 0 Å². The van der Waals surface area contributed by atoms with Gasteiger partial charge in [-0.1, -0.05) is 43.7 Å². The summed E-state index contributed by atoms with van der Waals surface area (Å²) in [7, 11) is 0. The van der Waals surface area contributed by atoms with Crippen molar-refractivity contribution in [1.29, 1.82) is 0 Å². The summed E-state index contributed by atoms with van der Waals surface area (Å²) >= 11 is 0.